The van der Waals surface area contributed by atoms with Crippen molar-refractivity contribution in [3.05, 3.63) is 106 Å². The number of hydrogen-bond acceptors (Lipinski definition) is 4. The monoisotopic (exact) mass is 578 g/mol. The molecule has 1 saturated heterocycles. The van der Waals surface area contributed by atoms with Crippen LogP contribution in [0.5, 0.6) is 0 Å². The number of nitrogens with zero attached hydrogens (tertiary/aromatic N) is 2. The van der Waals surface area contributed by atoms with Crippen molar-refractivity contribution in [2.24, 2.45) is 0 Å². The first-order valence-corrected chi connectivity index (χ1v) is 13.0. The van der Waals surface area contributed by atoms with E-state index in [1.165, 1.54) is 12.1 Å². The number of carbonyl (C=O) groups excluding carboxylic acids is 1. The number of amides is 1. The van der Waals surface area contributed by atoms with Crippen LogP contribution in [-0.2, 0) is 4.79 Å². The number of hydrogen-bond donors (Lipinski definition) is 2. The number of furan rings is 1. The molecule has 2 atom stereocenters. The maximum atomic E-state index is 13.6. The number of aryl methyl sites for hydroxylation is 1. The smallest absolute Gasteiger partial charge is 0.226 e. The summed E-state index contributed by atoms with van der Waals surface area (Å²) in [5, 5.41) is 6.82. The Kier molecular flexibility index (Phi) is 7.34. The summed E-state index contributed by atoms with van der Waals surface area (Å²) in [5.74, 6) is 0.810. The van der Waals surface area contributed by atoms with Crippen LogP contribution >= 0.6 is 28.1 Å². The molecule has 4 aromatic rings. The normalized spacial score (nSPS) is 17.1. The first-order chi connectivity index (χ1) is 17.9. The highest BCUT2D eigenvalue weighted by atomic mass is 79.9. The molecular formula is C28H24BrFN4O2S. The molecule has 3 heterocycles. The number of halogens is 2. The van der Waals surface area contributed by atoms with E-state index in [4.69, 9.17) is 16.6 Å². The summed E-state index contributed by atoms with van der Waals surface area (Å²) >= 11 is 9.11. The second-order valence-electron chi connectivity index (χ2n) is 8.81. The van der Waals surface area contributed by atoms with Crippen LogP contribution in [0.1, 0.15) is 35.5 Å². The van der Waals surface area contributed by atoms with Crippen molar-refractivity contribution in [3.8, 4) is 11.3 Å². The van der Waals surface area contributed by atoms with E-state index in [2.05, 4.69) is 31.5 Å². The molecule has 6 nitrogen and oxygen atoms in total. The quantitative estimate of drug-likeness (QED) is 0.242. The van der Waals surface area contributed by atoms with Gasteiger partial charge < -0.3 is 20.0 Å². The number of pyridine rings is 1. The molecule has 0 saturated carbocycles. The van der Waals surface area contributed by atoms with Crippen LogP contribution < -0.4 is 10.6 Å². The Bertz CT molecular complexity index is 1430. The topological polar surface area (TPSA) is 70.4 Å². The Balaban J connectivity index is 1.40. The molecule has 0 aliphatic carbocycles. The van der Waals surface area contributed by atoms with Gasteiger partial charge in [0.25, 0.3) is 0 Å². The molecule has 1 fully saturated rings. The first-order valence-electron chi connectivity index (χ1n) is 11.8. The Morgan fingerprint density at radius 3 is 2.70 bits per heavy atom. The zero-order valence-corrected chi connectivity index (χ0v) is 22.4. The zero-order valence-electron chi connectivity index (χ0n) is 19.9. The van der Waals surface area contributed by atoms with Crippen LogP contribution in [0.15, 0.2) is 87.9 Å². The molecular weight excluding hydrogens is 555 g/mol. The van der Waals surface area contributed by atoms with Gasteiger partial charge >= 0.3 is 0 Å². The minimum absolute atomic E-state index is 0.109. The third kappa shape index (κ3) is 5.57. The highest BCUT2D eigenvalue weighted by Gasteiger charge is 2.41. The van der Waals surface area contributed by atoms with Crippen molar-refractivity contribution >= 4 is 44.9 Å². The van der Waals surface area contributed by atoms with Gasteiger partial charge in [-0.3, -0.25) is 9.78 Å². The van der Waals surface area contributed by atoms with E-state index < -0.39 is 0 Å². The number of thiocarbonyl (C=S) groups is 1. The van der Waals surface area contributed by atoms with Crippen LogP contribution in [0.25, 0.3) is 11.3 Å². The largest absolute Gasteiger partial charge is 0.459 e. The summed E-state index contributed by atoms with van der Waals surface area (Å²) in [6.45, 7) is 2.38. The molecule has 2 N–H and O–H groups in total. The summed E-state index contributed by atoms with van der Waals surface area (Å²) in [6.07, 6.45) is 1.97. The molecule has 1 amide bonds. The molecule has 5 rings (SSSR count). The number of anilines is 1. The number of aromatic nitrogens is 1. The highest BCUT2D eigenvalue weighted by molar-refractivity contribution is 9.10. The summed E-state index contributed by atoms with van der Waals surface area (Å²) in [5.41, 5.74) is 3.42. The van der Waals surface area contributed by atoms with Crippen molar-refractivity contribution in [1.29, 1.82) is 0 Å². The van der Waals surface area contributed by atoms with Gasteiger partial charge in [-0.2, -0.15) is 0 Å². The number of carbonyl (C=O) groups is 1. The predicted octanol–water partition coefficient (Wildman–Crippen LogP) is 6.55. The average Bonchev–Trinajstić information content (AvgIpc) is 3.49. The van der Waals surface area contributed by atoms with Crippen molar-refractivity contribution in [2.45, 2.75) is 25.4 Å². The second-order valence-corrected chi connectivity index (χ2v) is 10.1. The van der Waals surface area contributed by atoms with Crippen LogP contribution in [0.2, 0.25) is 0 Å². The lowest BCUT2D eigenvalue weighted by molar-refractivity contribution is -0.116. The van der Waals surface area contributed by atoms with E-state index in [-0.39, 0.29) is 30.2 Å². The predicted molar refractivity (Wildman–Crippen MR) is 148 cm³/mol. The minimum atomic E-state index is -0.335. The number of nitrogens with one attached hydrogen (secondary N) is 2. The maximum Gasteiger partial charge on any atom is 0.226 e. The van der Waals surface area contributed by atoms with Crippen molar-refractivity contribution in [1.82, 2.24) is 15.2 Å². The summed E-state index contributed by atoms with van der Waals surface area (Å²) < 4.78 is 20.5. The Hall–Kier alpha value is -3.56. The molecule has 0 bridgehead atoms. The van der Waals surface area contributed by atoms with Gasteiger partial charge in [-0.1, -0.05) is 23.8 Å². The summed E-state index contributed by atoms with van der Waals surface area (Å²) in [7, 11) is 0. The van der Waals surface area contributed by atoms with Gasteiger partial charge in [0.1, 0.15) is 23.4 Å². The van der Waals surface area contributed by atoms with Crippen molar-refractivity contribution < 1.29 is 13.6 Å². The van der Waals surface area contributed by atoms with Crippen LogP contribution in [0.3, 0.4) is 0 Å². The Morgan fingerprint density at radius 2 is 1.97 bits per heavy atom. The second kappa shape index (κ2) is 10.8. The van der Waals surface area contributed by atoms with Gasteiger partial charge in [-0.05, 0) is 89.7 Å². The molecule has 2 aromatic carbocycles. The minimum Gasteiger partial charge on any atom is -0.459 e. The van der Waals surface area contributed by atoms with Gasteiger partial charge in [0.05, 0.1) is 11.7 Å². The third-order valence-corrected chi connectivity index (χ3v) is 7.24. The van der Waals surface area contributed by atoms with Gasteiger partial charge in [-0.25, -0.2) is 4.39 Å². The molecule has 2 aromatic heterocycles. The van der Waals surface area contributed by atoms with E-state index in [1.807, 2.05) is 66.4 Å². The summed E-state index contributed by atoms with van der Waals surface area (Å²) in [4.78, 5) is 19.2. The molecule has 188 valence electrons. The fourth-order valence-electron chi connectivity index (χ4n) is 4.38. The molecule has 0 spiro atoms. The fraction of sp³-hybridized carbons (Fsp3) is 0.179. The molecule has 9 heteroatoms. The molecule has 1 aliphatic rings. The first kappa shape index (κ1) is 25.1. The Labute approximate surface area is 228 Å². The SMILES string of the molecule is Cc1ccc(NC(=O)CCN2C(=S)NC(c3ccccn3)C2c2ccc(-c3ccc(F)cc3Br)o2)cc1. The lowest BCUT2D eigenvalue weighted by atomic mass is 10.0. The van der Waals surface area contributed by atoms with Crippen LogP contribution in [0.4, 0.5) is 10.1 Å². The van der Waals surface area contributed by atoms with Crippen molar-refractivity contribution in [2.75, 3.05) is 11.9 Å². The van der Waals surface area contributed by atoms with E-state index in [0.29, 0.717) is 27.7 Å². The van der Waals surface area contributed by atoms with Gasteiger partial charge in [0.2, 0.25) is 5.91 Å². The molecule has 1 aliphatic heterocycles. The van der Waals surface area contributed by atoms with Gasteiger partial charge in [-0.15, -0.1) is 0 Å². The van der Waals surface area contributed by atoms with E-state index >= 15 is 0 Å². The lowest BCUT2D eigenvalue weighted by Gasteiger charge is -2.25. The van der Waals surface area contributed by atoms with E-state index in [1.54, 1.807) is 12.3 Å². The molecule has 2 unspecified atom stereocenters. The average molecular weight is 579 g/mol. The third-order valence-electron chi connectivity index (χ3n) is 6.23. The summed E-state index contributed by atoms with van der Waals surface area (Å²) in [6, 6.07) is 21.0. The van der Waals surface area contributed by atoms with Crippen molar-refractivity contribution in [3.63, 3.8) is 0 Å². The van der Waals surface area contributed by atoms with Gasteiger partial charge in [0.15, 0.2) is 5.11 Å². The molecule has 37 heavy (non-hydrogen) atoms. The maximum absolute atomic E-state index is 13.6. The zero-order chi connectivity index (χ0) is 25.9. The Morgan fingerprint density at radius 1 is 1.16 bits per heavy atom. The highest BCUT2D eigenvalue weighted by Crippen LogP contribution is 2.41. The number of benzene rings is 2. The number of rotatable bonds is 7. The van der Waals surface area contributed by atoms with E-state index in [0.717, 1.165) is 22.5 Å². The molecule has 0 radical (unpaired) electrons. The standard InChI is InChI=1S/C28H24BrFN4O2S/c1-17-5-8-19(9-6-17)32-25(35)13-15-34-27(26(33-28(34)37)22-4-2-3-14-31-22)24-12-11-23(36-24)20-10-7-18(30)16-21(20)29/h2-12,14,16,26-27H,13,15H2,1H3,(H,32,35)(H,33,37). The fourth-order valence-corrected chi connectivity index (χ4v) is 5.26. The van der Waals surface area contributed by atoms with Gasteiger partial charge in [0, 0.05) is 34.9 Å². The van der Waals surface area contributed by atoms with Crippen LogP contribution in [-0.4, -0.2) is 27.4 Å². The lowest BCUT2D eigenvalue weighted by Crippen LogP contribution is -2.32. The van der Waals surface area contributed by atoms with Crippen LogP contribution in [0, 0.1) is 12.7 Å². The van der Waals surface area contributed by atoms with E-state index in [9.17, 15) is 9.18 Å².